The molecule has 0 aromatic carbocycles. The molecule has 0 amide bonds. The van der Waals surface area contributed by atoms with Crippen molar-refractivity contribution in [3.8, 4) is 0 Å². The van der Waals surface area contributed by atoms with E-state index >= 15 is 0 Å². The molecule has 1 rings (SSSR count). The van der Waals surface area contributed by atoms with Crippen molar-refractivity contribution < 1.29 is 9.96 Å². The highest BCUT2D eigenvalue weighted by molar-refractivity contribution is 4.75. The molecule has 0 aromatic heterocycles. The van der Waals surface area contributed by atoms with Gasteiger partial charge in [0.15, 0.2) is 0 Å². The summed E-state index contributed by atoms with van der Waals surface area (Å²) in [5.74, 6) is 0. The van der Waals surface area contributed by atoms with Crippen LogP contribution in [0.15, 0.2) is 0 Å². The maximum atomic E-state index is 2.33. The quantitative estimate of drug-likeness (QED) is 0.582. The number of hydrogen-bond acceptors (Lipinski definition) is 1. The molecule has 0 heterocycles. The van der Waals surface area contributed by atoms with Gasteiger partial charge in [-0.25, -0.2) is 0 Å². The molecule has 0 spiro atoms. The van der Waals surface area contributed by atoms with Crippen LogP contribution in [0.1, 0.15) is 52.9 Å². The summed E-state index contributed by atoms with van der Waals surface area (Å²) in [5.41, 5.74) is 0. The highest BCUT2D eigenvalue weighted by atomic mass is 16.0. The summed E-state index contributed by atoms with van der Waals surface area (Å²) in [4.78, 5) is 0. The zero-order valence-corrected chi connectivity index (χ0v) is 10.1. The molecule has 0 radical (unpaired) electrons. The van der Waals surface area contributed by atoms with Gasteiger partial charge in [-0.15, -0.1) is 0 Å². The fraction of sp³-hybridized carbons (Fsp3) is 1.00. The van der Waals surface area contributed by atoms with E-state index < -0.39 is 0 Å². The lowest BCUT2D eigenvalue weighted by Gasteiger charge is -2.39. The second-order valence-corrected chi connectivity index (χ2v) is 4.62. The smallest absolute Gasteiger partial charge is 0.0894 e. The fourth-order valence-corrected chi connectivity index (χ4v) is 2.84. The van der Waals surface area contributed by atoms with Crippen molar-refractivity contribution in [2.45, 2.75) is 58.9 Å². The summed E-state index contributed by atoms with van der Waals surface area (Å²) >= 11 is 0. The summed E-state index contributed by atoms with van der Waals surface area (Å²) in [7, 11) is 0. The Morgan fingerprint density at radius 1 is 0.857 bits per heavy atom. The second-order valence-electron chi connectivity index (χ2n) is 4.62. The fourth-order valence-electron chi connectivity index (χ4n) is 2.84. The minimum atomic E-state index is 0. The lowest BCUT2D eigenvalue weighted by molar-refractivity contribution is -0.938. The van der Waals surface area contributed by atoms with E-state index in [1.807, 2.05) is 0 Å². The van der Waals surface area contributed by atoms with E-state index in [0.29, 0.717) is 0 Å². The normalized spacial score (nSPS) is 16.5. The van der Waals surface area contributed by atoms with Crippen LogP contribution in [-0.2, 0) is 0 Å². The van der Waals surface area contributed by atoms with E-state index in [0.717, 1.165) is 6.04 Å². The third kappa shape index (κ3) is 3.25. The van der Waals surface area contributed by atoms with E-state index in [-0.39, 0.29) is 5.48 Å². The molecule has 2 heteroatoms. The first-order valence-corrected chi connectivity index (χ1v) is 6.14. The Bertz CT molecular complexity index is 126. The number of nitrogens with zero attached hydrogens (tertiary/aromatic N) is 1. The van der Waals surface area contributed by atoms with Gasteiger partial charge in [0.2, 0.25) is 0 Å². The van der Waals surface area contributed by atoms with Crippen LogP contribution in [0.4, 0.5) is 0 Å². The number of rotatable bonds is 7. The highest BCUT2D eigenvalue weighted by Gasteiger charge is 2.42. The van der Waals surface area contributed by atoms with Gasteiger partial charge >= 0.3 is 0 Å². The van der Waals surface area contributed by atoms with E-state index in [9.17, 15) is 0 Å². The van der Waals surface area contributed by atoms with Gasteiger partial charge in [0.1, 0.15) is 0 Å². The molecule has 0 bridgehead atoms. The average Bonchev–Trinajstić information content (AvgIpc) is 2.87. The molecule has 0 atom stereocenters. The second kappa shape index (κ2) is 6.41. The van der Waals surface area contributed by atoms with Gasteiger partial charge in [-0.1, -0.05) is 20.8 Å². The SMILES string of the molecule is CCC[N+](CCC)(CCC)C1CC1.[OH-]. The first-order chi connectivity index (χ1) is 6.29. The molecular formula is C12H27NO. The molecule has 0 aliphatic heterocycles. The Kier molecular flexibility index (Phi) is 6.38. The van der Waals surface area contributed by atoms with Crippen LogP contribution < -0.4 is 0 Å². The molecule has 14 heavy (non-hydrogen) atoms. The average molecular weight is 201 g/mol. The predicted octanol–water partition coefficient (Wildman–Crippen LogP) is 3.02. The van der Waals surface area contributed by atoms with Crippen molar-refractivity contribution in [3.05, 3.63) is 0 Å². The van der Waals surface area contributed by atoms with Crippen LogP contribution in [0, 0.1) is 0 Å². The largest absolute Gasteiger partial charge is 0.870 e. The van der Waals surface area contributed by atoms with Crippen molar-refractivity contribution in [1.82, 2.24) is 0 Å². The Balaban J connectivity index is 0.00000169. The van der Waals surface area contributed by atoms with Crippen molar-refractivity contribution >= 4 is 0 Å². The summed E-state index contributed by atoms with van der Waals surface area (Å²) in [6.07, 6.45) is 7.07. The van der Waals surface area contributed by atoms with Crippen molar-refractivity contribution in [2.24, 2.45) is 0 Å². The van der Waals surface area contributed by atoms with Gasteiger partial charge in [0.05, 0.1) is 25.7 Å². The summed E-state index contributed by atoms with van der Waals surface area (Å²) in [6, 6.07) is 1.04. The molecule has 0 unspecified atom stereocenters. The van der Waals surface area contributed by atoms with Crippen molar-refractivity contribution in [2.75, 3.05) is 19.6 Å². The topological polar surface area (TPSA) is 30.0 Å². The number of quaternary nitrogens is 1. The Labute approximate surface area is 89.2 Å². The minimum Gasteiger partial charge on any atom is -0.870 e. The minimum absolute atomic E-state index is 0. The van der Waals surface area contributed by atoms with Crippen LogP contribution >= 0.6 is 0 Å². The van der Waals surface area contributed by atoms with Crippen LogP contribution in [0.3, 0.4) is 0 Å². The number of hydrogen-bond donors (Lipinski definition) is 0. The van der Waals surface area contributed by atoms with Gasteiger partial charge in [0, 0.05) is 12.8 Å². The molecule has 0 saturated heterocycles. The van der Waals surface area contributed by atoms with Gasteiger partial charge in [-0.05, 0) is 19.3 Å². The summed E-state index contributed by atoms with van der Waals surface area (Å²) < 4.78 is 1.45. The van der Waals surface area contributed by atoms with Crippen molar-refractivity contribution in [1.29, 1.82) is 0 Å². The van der Waals surface area contributed by atoms with Gasteiger partial charge in [-0.2, -0.15) is 0 Å². The third-order valence-corrected chi connectivity index (χ3v) is 3.33. The predicted molar refractivity (Wildman–Crippen MR) is 60.7 cm³/mol. The van der Waals surface area contributed by atoms with Crippen molar-refractivity contribution in [3.63, 3.8) is 0 Å². The third-order valence-electron chi connectivity index (χ3n) is 3.33. The summed E-state index contributed by atoms with van der Waals surface area (Å²) in [6.45, 7) is 11.3. The Morgan fingerprint density at radius 3 is 1.43 bits per heavy atom. The molecule has 1 aliphatic carbocycles. The lowest BCUT2D eigenvalue weighted by Crippen LogP contribution is -2.51. The molecule has 2 nitrogen and oxygen atoms in total. The molecular weight excluding hydrogens is 174 g/mol. The van der Waals surface area contributed by atoms with E-state index in [1.54, 1.807) is 0 Å². The maximum absolute atomic E-state index is 2.33. The van der Waals surface area contributed by atoms with E-state index in [1.165, 1.54) is 56.2 Å². The molecule has 1 aliphatic rings. The Hall–Kier alpha value is -0.0800. The highest BCUT2D eigenvalue weighted by Crippen LogP contribution is 2.34. The first-order valence-electron chi connectivity index (χ1n) is 6.14. The van der Waals surface area contributed by atoms with Gasteiger partial charge in [-0.3, -0.25) is 0 Å². The molecule has 1 fully saturated rings. The molecule has 0 aromatic rings. The van der Waals surface area contributed by atoms with Crippen LogP contribution in [0.5, 0.6) is 0 Å². The van der Waals surface area contributed by atoms with Crippen LogP contribution in [0.2, 0.25) is 0 Å². The lowest BCUT2D eigenvalue weighted by atomic mass is 10.2. The zero-order chi connectivity index (χ0) is 9.73. The summed E-state index contributed by atoms with van der Waals surface area (Å²) in [5, 5.41) is 0. The van der Waals surface area contributed by atoms with Gasteiger partial charge in [0.25, 0.3) is 0 Å². The van der Waals surface area contributed by atoms with Crippen LogP contribution in [-0.4, -0.2) is 35.6 Å². The molecule has 1 saturated carbocycles. The first kappa shape index (κ1) is 13.9. The monoisotopic (exact) mass is 201 g/mol. The maximum Gasteiger partial charge on any atom is 0.0894 e. The van der Waals surface area contributed by atoms with Gasteiger partial charge < -0.3 is 9.96 Å². The van der Waals surface area contributed by atoms with E-state index in [4.69, 9.17) is 0 Å². The Morgan fingerprint density at radius 2 is 1.21 bits per heavy atom. The van der Waals surface area contributed by atoms with E-state index in [2.05, 4.69) is 20.8 Å². The zero-order valence-electron chi connectivity index (χ0n) is 10.1. The standard InChI is InChI=1S/C12H26N.H2O/c1-4-9-13(10-5-2,11-6-3)12-7-8-12;/h12H,4-11H2,1-3H3;1H2/q+1;/p-1. The van der Waals surface area contributed by atoms with Crippen LogP contribution in [0.25, 0.3) is 0 Å². The molecule has 86 valence electrons. The molecule has 1 N–H and O–H groups in total.